The van der Waals surface area contributed by atoms with Crippen LogP contribution in [0, 0.1) is 15.9 Å². The van der Waals surface area contributed by atoms with Crippen molar-refractivity contribution in [2.45, 2.75) is 13.0 Å². The van der Waals surface area contributed by atoms with E-state index in [1.54, 1.807) is 0 Å². The molecule has 0 radical (unpaired) electrons. The summed E-state index contributed by atoms with van der Waals surface area (Å²) in [7, 11) is 0. The van der Waals surface area contributed by atoms with Crippen molar-refractivity contribution >= 4 is 11.5 Å². The van der Waals surface area contributed by atoms with E-state index in [9.17, 15) is 14.5 Å². The average molecular weight is 291 g/mol. The highest BCUT2D eigenvalue weighted by Crippen LogP contribution is 2.21. The van der Waals surface area contributed by atoms with E-state index in [1.807, 2.05) is 6.92 Å². The summed E-state index contributed by atoms with van der Waals surface area (Å²) in [6.45, 7) is 2.07. The molecule has 0 fully saturated rings. The summed E-state index contributed by atoms with van der Waals surface area (Å²) in [5.74, 6) is 0.385. The highest BCUT2D eigenvalue weighted by molar-refractivity contribution is 5.55. The highest BCUT2D eigenvalue weighted by Gasteiger charge is 2.16. The number of rotatable bonds is 6. The van der Waals surface area contributed by atoms with Gasteiger partial charge in [0.25, 0.3) is 0 Å². The van der Waals surface area contributed by atoms with Crippen LogP contribution in [0.4, 0.5) is 15.9 Å². The number of hydrogen-bond donors (Lipinski definition) is 1. The third-order valence-corrected chi connectivity index (χ3v) is 2.68. The van der Waals surface area contributed by atoms with Gasteiger partial charge in [0.2, 0.25) is 5.82 Å². The minimum absolute atomic E-state index is 0.0915. The molecule has 1 N–H and O–H groups in total. The van der Waals surface area contributed by atoms with E-state index in [1.165, 1.54) is 42.6 Å². The van der Waals surface area contributed by atoms with Gasteiger partial charge in [-0.15, -0.1) is 0 Å². The first kappa shape index (κ1) is 14.7. The van der Waals surface area contributed by atoms with Crippen molar-refractivity contribution < 1.29 is 14.1 Å². The molecule has 1 atom stereocenters. The van der Waals surface area contributed by atoms with Crippen molar-refractivity contribution in [1.29, 1.82) is 0 Å². The van der Waals surface area contributed by atoms with E-state index < -0.39 is 4.92 Å². The van der Waals surface area contributed by atoms with Gasteiger partial charge in [-0.25, -0.2) is 9.37 Å². The third kappa shape index (κ3) is 4.13. The van der Waals surface area contributed by atoms with Crippen LogP contribution < -0.4 is 10.1 Å². The molecular formula is C14H14FN3O3. The van der Waals surface area contributed by atoms with Crippen molar-refractivity contribution in [3.8, 4) is 5.75 Å². The molecule has 0 aliphatic heterocycles. The number of aromatic nitrogens is 1. The molecule has 0 saturated heterocycles. The molecule has 1 aromatic heterocycles. The van der Waals surface area contributed by atoms with E-state index in [4.69, 9.17) is 4.74 Å². The summed E-state index contributed by atoms with van der Waals surface area (Å²) < 4.78 is 18.2. The van der Waals surface area contributed by atoms with Gasteiger partial charge in [0, 0.05) is 12.3 Å². The Bertz CT molecular complexity index is 619. The van der Waals surface area contributed by atoms with Crippen LogP contribution >= 0.6 is 0 Å². The predicted molar refractivity (Wildman–Crippen MR) is 75.9 cm³/mol. The van der Waals surface area contributed by atoms with Gasteiger partial charge in [-0.1, -0.05) is 0 Å². The Morgan fingerprint density at radius 1 is 1.38 bits per heavy atom. The first-order chi connectivity index (χ1) is 10.1. The summed E-state index contributed by atoms with van der Waals surface area (Å²) in [5, 5.41) is 13.8. The second-order valence-corrected chi connectivity index (χ2v) is 4.44. The second kappa shape index (κ2) is 6.65. The Labute approximate surface area is 120 Å². The zero-order valence-electron chi connectivity index (χ0n) is 11.3. The monoisotopic (exact) mass is 291 g/mol. The average Bonchev–Trinajstić information content (AvgIpc) is 2.47. The third-order valence-electron chi connectivity index (χ3n) is 2.68. The standard InChI is InChI=1S/C14H14FN3O3/c1-10(9-21-12-6-4-11(15)5-7-12)17-14-13(18(19)20)3-2-8-16-14/h2-8,10H,9H2,1H3,(H,16,17). The lowest BCUT2D eigenvalue weighted by Crippen LogP contribution is -2.24. The number of nitrogens with one attached hydrogen (secondary N) is 1. The van der Waals surface area contributed by atoms with Crippen LogP contribution in [-0.4, -0.2) is 22.6 Å². The van der Waals surface area contributed by atoms with Crippen LogP contribution in [0.5, 0.6) is 5.75 Å². The quantitative estimate of drug-likeness (QED) is 0.654. The SMILES string of the molecule is CC(COc1ccc(F)cc1)Nc1ncccc1[N+](=O)[O-]. The lowest BCUT2D eigenvalue weighted by Gasteiger charge is -2.15. The molecule has 6 nitrogen and oxygen atoms in total. The molecule has 0 aliphatic carbocycles. The van der Waals surface area contributed by atoms with Gasteiger partial charge in [0.15, 0.2) is 0 Å². The summed E-state index contributed by atoms with van der Waals surface area (Å²) in [6.07, 6.45) is 1.48. The summed E-state index contributed by atoms with van der Waals surface area (Å²) >= 11 is 0. The maximum atomic E-state index is 12.8. The Balaban J connectivity index is 1.94. The number of anilines is 1. The zero-order chi connectivity index (χ0) is 15.2. The Kier molecular flexibility index (Phi) is 4.65. The number of halogens is 1. The molecule has 1 unspecified atom stereocenters. The number of ether oxygens (including phenoxy) is 1. The van der Waals surface area contributed by atoms with Gasteiger partial charge in [-0.2, -0.15) is 0 Å². The lowest BCUT2D eigenvalue weighted by atomic mass is 10.3. The lowest BCUT2D eigenvalue weighted by molar-refractivity contribution is -0.384. The summed E-state index contributed by atoms with van der Waals surface area (Å²) in [6, 6.07) is 8.32. The molecule has 0 aliphatic rings. The van der Waals surface area contributed by atoms with Gasteiger partial charge >= 0.3 is 5.69 Å². The van der Waals surface area contributed by atoms with Crippen molar-refractivity contribution in [1.82, 2.24) is 4.98 Å². The van der Waals surface area contributed by atoms with Crippen molar-refractivity contribution in [2.75, 3.05) is 11.9 Å². The molecular weight excluding hydrogens is 277 g/mol. The van der Waals surface area contributed by atoms with Crippen LogP contribution in [-0.2, 0) is 0 Å². The number of nitro groups is 1. The second-order valence-electron chi connectivity index (χ2n) is 4.44. The fourth-order valence-corrected chi connectivity index (χ4v) is 1.68. The molecule has 0 bridgehead atoms. The number of benzene rings is 1. The molecule has 21 heavy (non-hydrogen) atoms. The molecule has 2 rings (SSSR count). The topological polar surface area (TPSA) is 77.3 Å². The molecule has 0 saturated carbocycles. The minimum atomic E-state index is -0.497. The van der Waals surface area contributed by atoms with E-state index in [0.29, 0.717) is 5.75 Å². The largest absolute Gasteiger partial charge is 0.491 e. The number of nitrogens with zero attached hydrogens (tertiary/aromatic N) is 2. The van der Waals surface area contributed by atoms with E-state index in [2.05, 4.69) is 10.3 Å². The first-order valence-electron chi connectivity index (χ1n) is 6.30. The maximum absolute atomic E-state index is 12.8. The number of pyridine rings is 1. The van der Waals surface area contributed by atoms with Crippen LogP contribution in [0.1, 0.15) is 6.92 Å². The van der Waals surface area contributed by atoms with Crippen molar-refractivity contribution in [3.63, 3.8) is 0 Å². The minimum Gasteiger partial charge on any atom is -0.491 e. The van der Waals surface area contributed by atoms with E-state index in [0.717, 1.165) is 0 Å². The Morgan fingerprint density at radius 3 is 2.76 bits per heavy atom. The summed E-state index contributed by atoms with van der Waals surface area (Å²) in [4.78, 5) is 14.3. The first-order valence-corrected chi connectivity index (χ1v) is 6.30. The van der Waals surface area contributed by atoms with Gasteiger partial charge in [0.1, 0.15) is 18.2 Å². The normalized spacial score (nSPS) is 11.7. The smallest absolute Gasteiger partial charge is 0.311 e. The Morgan fingerprint density at radius 2 is 2.10 bits per heavy atom. The van der Waals surface area contributed by atoms with Crippen LogP contribution in [0.15, 0.2) is 42.6 Å². The molecule has 0 spiro atoms. The molecule has 110 valence electrons. The number of hydrogen-bond acceptors (Lipinski definition) is 5. The zero-order valence-corrected chi connectivity index (χ0v) is 11.3. The van der Waals surface area contributed by atoms with Gasteiger partial charge in [0.05, 0.1) is 11.0 Å². The molecule has 1 aromatic carbocycles. The molecule has 0 amide bonds. The Hall–Kier alpha value is -2.70. The molecule has 7 heteroatoms. The maximum Gasteiger partial charge on any atom is 0.311 e. The molecule has 1 heterocycles. The van der Waals surface area contributed by atoms with Gasteiger partial charge in [-0.05, 0) is 37.3 Å². The fraction of sp³-hybridized carbons (Fsp3) is 0.214. The predicted octanol–water partition coefficient (Wildman–Crippen LogP) is 3.01. The van der Waals surface area contributed by atoms with Gasteiger partial charge in [-0.3, -0.25) is 10.1 Å². The fourth-order valence-electron chi connectivity index (χ4n) is 1.68. The van der Waals surface area contributed by atoms with Crippen LogP contribution in [0.2, 0.25) is 0 Å². The highest BCUT2D eigenvalue weighted by atomic mass is 19.1. The van der Waals surface area contributed by atoms with Crippen molar-refractivity contribution in [3.05, 3.63) is 58.5 Å². The van der Waals surface area contributed by atoms with E-state index >= 15 is 0 Å². The van der Waals surface area contributed by atoms with Gasteiger partial charge < -0.3 is 10.1 Å². The van der Waals surface area contributed by atoms with Crippen LogP contribution in [0.25, 0.3) is 0 Å². The molecule has 2 aromatic rings. The van der Waals surface area contributed by atoms with Crippen molar-refractivity contribution in [2.24, 2.45) is 0 Å². The van der Waals surface area contributed by atoms with Crippen LogP contribution in [0.3, 0.4) is 0 Å². The van der Waals surface area contributed by atoms with E-state index in [-0.39, 0.29) is 30.0 Å². The summed E-state index contributed by atoms with van der Waals surface area (Å²) in [5.41, 5.74) is -0.0915.